The fourth-order valence-corrected chi connectivity index (χ4v) is 5.38. The summed E-state index contributed by atoms with van der Waals surface area (Å²) in [5.74, 6) is 1.12. The zero-order chi connectivity index (χ0) is 18.3. The van der Waals surface area contributed by atoms with Gasteiger partial charge in [-0.05, 0) is 43.2 Å². The zero-order valence-electron chi connectivity index (χ0n) is 14.1. The fraction of sp³-hybridized carbons (Fsp3) is 0.278. The van der Waals surface area contributed by atoms with Gasteiger partial charge in [0.25, 0.3) is 0 Å². The monoisotopic (exact) mass is 391 g/mol. The molecule has 136 valence electrons. The number of rotatable bonds is 4. The van der Waals surface area contributed by atoms with E-state index in [-0.39, 0.29) is 16.0 Å². The van der Waals surface area contributed by atoms with Crippen molar-refractivity contribution < 1.29 is 13.2 Å². The Labute approximate surface area is 156 Å². The number of imidazole rings is 1. The van der Waals surface area contributed by atoms with Gasteiger partial charge in [-0.3, -0.25) is 0 Å². The van der Waals surface area contributed by atoms with E-state index in [0.717, 1.165) is 23.9 Å². The highest BCUT2D eigenvalue weighted by atomic mass is 35.5. The van der Waals surface area contributed by atoms with Crippen LogP contribution in [-0.4, -0.2) is 36.3 Å². The van der Waals surface area contributed by atoms with E-state index in [1.54, 1.807) is 6.07 Å². The van der Waals surface area contributed by atoms with Gasteiger partial charge in [0.05, 0.1) is 34.1 Å². The molecule has 1 atom stereocenters. The molecule has 2 heterocycles. The van der Waals surface area contributed by atoms with Gasteiger partial charge in [-0.25, -0.2) is 13.4 Å². The second kappa shape index (κ2) is 6.57. The second-order valence-corrected chi connectivity index (χ2v) is 8.51. The van der Waals surface area contributed by atoms with Crippen LogP contribution in [-0.2, 0) is 10.0 Å². The quantitative estimate of drug-likeness (QED) is 0.734. The fourth-order valence-electron chi connectivity index (χ4n) is 3.37. The maximum absolute atomic E-state index is 13.2. The van der Waals surface area contributed by atoms with E-state index < -0.39 is 10.0 Å². The Hall–Kier alpha value is -2.09. The van der Waals surface area contributed by atoms with Crippen LogP contribution in [0.4, 0.5) is 0 Å². The summed E-state index contributed by atoms with van der Waals surface area (Å²) in [6.45, 7) is 0.452. The van der Waals surface area contributed by atoms with E-state index in [4.69, 9.17) is 16.3 Å². The molecule has 1 N–H and O–H groups in total. The van der Waals surface area contributed by atoms with Crippen LogP contribution in [0.1, 0.15) is 24.7 Å². The van der Waals surface area contributed by atoms with Gasteiger partial charge in [0.2, 0.25) is 10.0 Å². The molecule has 4 rings (SSSR count). The van der Waals surface area contributed by atoms with Crippen molar-refractivity contribution in [3.63, 3.8) is 0 Å². The maximum Gasteiger partial charge on any atom is 0.243 e. The van der Waals surface area contributed by atoms with Crippen molar-refractivity contribution in [2.24, 2.45) is 0 Å². The van der Waals surface area contributed by atoms with E-state index in [9.17, 15) is 8.42 Å². The van der Waals surface area contributed by atoms with E-state index in [0.29, 0.717) is 18.1 Å². The van der Waals surface area contributed by atoms with Gasteiger partial charge < -0.3 is 9.72 Å². The number of sulfonamides is 1. The molecule has 2 aromatic carbocycles. The van der Waals surface area contributed by atoms with Crippen LogP contribution in [0.15, 0.2) is 47.4 Å². The second-order valence-electron chi connectivity index (χ2n) is 6.21. The smallest absolute Gasteiger partial charge is 0.243 e. The first-order valence-corrected chi connectivity index (χ1v) is 10.1. The summed E-state index contributed by atoms with van der Waals surface area (Å²) in [6.07, 6.45) is 1.51. The lowest BCUT2D eigenvalue weighted by atomic mass is 10.2. The summed E-state index contributed by atoms with van der Waals surface area (Å²) < 4.78 is 32.9. The van der Waals surface area contributed by atoms with E-state index in [1.807, 2.05) is 24.3 Å². The number of para-hydroxylation sites is 2. The van der Waals surface area contributed by atoms with Crippen molar-refractivity contribution in [2.45, 2.75) is 23.8 Å². The van der Waals surface area contributed by atoms with Crippen LogP contribution >= 0.6 is 11.6 Å². The Bertz CT molecular complexity index is 1030. The summed E-state index contributed by atoms with van der Waals surface area (Å²) in [5.41, 5.74) is 1.73. The van der Waals surface area contributed by atoms with Gasteiger partial charge >= 0.3 is 0 Å². The Morgan fingerprint density at radius 1 is 1.27 bits per heavy atom. The molecule has 1 aromatic heterocycles. The number of aromatic nitrogens is 2. The molecule has 1 aliphatic rings. The molecule has 26 heavy (non-hydrogen) atoms. The van der Waals surface area contributed by atoms with Crippen LogP contribution in [0.25, 0.3) is 11.0 Å². The number of halogens is 1. The lowest BCUT2D eigenvalue weighted by Crippen LogP contribution is -2.31. The molecular formula is C18H18ClN3O3S. The number of benzene rings is 2. The lowest BCUT2D eigenvalue weighted by Gasteiger charge is -2.23. The Balaban J connectivity index is 1.72. The molecule has 1 aliphatic heterocycles. The largest absolute Gasteiger partial charge is 0.495 e. The highest BCUT2D eigenvalue weighted by Crippen LogP contribution is 2.37. The molecule has 1 saturated heterocycles. The average Bonchev–Trinajstić information content (AvgIpc) is 3.28. The van der Waals surface area contributed by atoms with E-state index in [1.165, 1.54) is 23.5 Å². The normalized spacial score (nSPS) is 18.5. The zero-order valence-corrected chi connectivity index (χ0v) is 15.7. The van der Waals surface area contributed by atoms with E-state index >= 15 is 0 Å². The Kier molecular flexibility index (Phi) is 4.38. The number of hydrogen-bond acceptors (Lipinski definition) is 4. The lowest BCUT2D eigenvalue weighted by molar-refractivity contribution is 0.385. The van der Waals surface area contributed by atoms with Crippen molar-refractivity contribution >= 4 is 32.7 Å². The average molecular weight is 392 g/mol. The van der Waals surface area contributed by atoms with E-state index in [2.05, 4.69) is 9.97 Å². The Morgan fingerprint density at radius 2 is 2.08 bits per heavy atom. The summed E-state index contributed by atoms with van der Waals surface area (Å²) >= 11 is 6.12. The molecule has 0 saturated carbocycles. The van der Waals surface area contributed by atoms with Gasteiger partial charge in [-0.15, -0.1) is 0 Å². The molecule has 1 unspecified atom stereocenters. The Morgan fingerprint density at radius 3 is 2.81 bits per heavy atom. The number of fused-ring (bicyclic) bond motifs is 1. The van der Waals surface area contributed by atoms with Gasteiger partial charge in [0.15, 0.2) is 0 Å². The van der Waals surface area contributed by atoms with Crippen LogP contribution in [0.2, 0.25) is 5.02 Å². The number of methoxy groups -OCH3 is 1. The molecule has 0 aliphatic carbocycles. The minimum absolute atomic E-state index is 0.159. The maximum atomic E-state index is 13.2. The highest BCUT2D eigenvalue weighted by Gasteiger charge is 2.38. The van der Waals surface area contributed by atoms with Crippen LogP contribution in [0, 0.1) is 0 Å². The SMILES string of the molecule is COc1ccc(S(=O)(=O)N2CCCC2c2nc3ccccc3[nH]2)cc1Cl. The highest BCUT2D eigenvalue weighted by molar-refractivity contribution is 7.89. The molecule has 0 spiro atoms. The van der Waals surface area contributed by atoms with Gasteiger partial charge in [-0.1, -0.05) is 23.7 Å². The third-order valence-corrected chi connectivity index (χ3v) is 6.86. The number of ether oxygens (including phenoxy) is 1. The molecule has 6 nitrogen and oxygen atoms in total. The first kappa shape index (κ1) is 17.3. The molecular weight excluding hydrogens is 374 g/mol. The minimum atomic E-state index is -3.69. The third kappa shape index (κ3) is 2.86. The number of H-pyrrole nitrogens is 1. The molecule has 0 bridgehead atoms. The van der Waals surface area contributed by atoms with Crippen molar-refractivity contribution in [2.75, 3.05) is 13.7 Å². The summed E-state index contributed by atoms with van der Waals surface area (Å²) in [6, 6.07) is 11.9. The van der Waals surface area contributed by atoms with Crippen LogP contribution < -0.4 is 4.74 Å². The van der Waals surface area contributed by atoms with Gasteiger partial charge in [0.1, 0.15) is 11.6 Å². The number of aromatic amines is 1. The number of nitrogens with one attached hydrogen (secondary N) is 1. The predicted molar refractivity (Wildman–Crippen MR) is 100.0 cm³/mol. The summed E-state index contributed by atoms with van der Waals surface area (Å²) in [7, 11) is -2.19. The van der Waals surface area contributed by atoms with Crippen molar-refractivity contribution in [3.05, 3.63) is 53.3 Å². The standard InChI is InChI=1S/C18H18ClN3O3S/c1-25-17-9-8-12(11-13(17)19)26(23,24)22-10-4-7-16(22)18-20-14-5-2-3-6-15(14)21-18/h2-3,5-6,8-9,11,16H,4,7,10H2,1H3,(H,20,21). The molecule has 8 heteroatoms. The minimum Gasteiger partial charge on any atom is -0.495 e. The third-order valence-electron chi connectivity index (χ3n) is 4.66. The molecule has 1 fully saturated rings. The number of hydrogen-bond donors (Lipinski definition) is 1. The topological polar surface area (TPSA) is 75.3 Å². The first-order valence-electron chi connectivity index (χ1n) is 8.31. The van der Waals surface area contributed by atoms with Gasteiger partial charge in [0, 0.05) is 6.54 Å². The van der Waals surface area contributed by atoms with Gasteiger partial charge in [-0.2, -0.15) is 4.31 Å². The molecule has 0 radical (unpaired) electrons. The first-order chi connectivity index (χ1) is 12.5. The van der Waals surface area contributed by atoms with Crippen LogP contribution in [0.3, 0.4) is 0 Å². The predicted octanol–water partition coefficient (Wildman–Crippen LogP) is 3.75. The summed E-state index contributed by atoms with van der Waals surface area (Å²) in [4.78, 5) is 8.01. The van der Waals surface area contributed by atoms with Crippen molar-refractivity contribution in [3.8, 4) is 5.75 Å². The molecule has 0 amide bonds. The van der Waals surface area contributed by atoms with Crippen molar-refractivity contribution in [1.82, 2.24) is 14.3 Å². The number of nitrogens with zero attached hydrogens (tertiary/aromatic N) is 2. The molecule has 3 aromatic rings. The summed E-state index contributed by atoms with van der Waals surface area (Å²) in [5, 5.41) is 0.271. The van der Waals surface area contributed by atoms with Crippen molar-refractivity contribution in [1.29, 1.82) is 0 Å². The van der Waals surface area contributed by atoms with Crippen LogP contribution in [0.5, 0.6) is 5.75 Å².